The minimum absolute atomic E-state index is 0.433. The number of nitrogens with zero attached hydrogens (tertiary/aromatic N) is 8. The molecule has 2 aliphatic heterocycles. The zero-order valence-corrected chi connectivity index (χ0v) is 29.8. The molecule has 0 saturated carbocycles. The molecule has 6 rings (SSSR count). The summed E-state index contributed by atoms with van der Waals surface area (Å²) in [6, 6.07) is 8.97. The van der Waals surface area contributed by atoms with Gasteiger partial charge in [0.05, 0.1) is 42.5 Å². The number of nitrogens with one attached hydrogen (secondary N) is 2. The molecule has 48 heavy (non-hydrogen) atoms. The third-order valence-corrected chi connectivity index (χ3v) is 10.1. The fourth-order valence-corrected chi connectivity index (χ4v) is 7.05. The summed E-state index contributed by atoms with van der Waals surface area (Å²) in [4.78, 5) is 26.3. The van der Waals surface area contributed by atoms with E-state index in [1.807, 2.05) is 32.4 Å². The van der Waals surface area contributed by atoms with Gasteiger partial charge >= 0.3 is 0 Å². The van der Waals surface area contributed by atoms with Crippen molar-refractivity contribution in [3.05, 3.63) is 48.4 Å². The lowest BCUT2D eigenvalue weighted by atomic mass is 9.99. The SMILES string of the molecule is CCOc1cnc(Nc2cc(CC)c(N3CCC(N4CCN(C)CC4)CC3)cc2OC)nc1Nc1ccc2nccnc2c1N(C)SC. The largest absolute Gasteiger partial charge is 0.494 e. The van der Waals surface area contributed by atoms with Crippen LogP contribution < -0.4 is 29.3 Å². The molecule has 4 heterocycles. The van der Waals surface area contributed by atoms with E-state index in [0.717, 1.165) is 66.4 Å². The van der Waals surface area contributed by atoms with Crippen LogP contribution in [-0.4, -0.2) is 109 Å². The second-order valence-electron chi connectivity index (χ2n) is 12.2. The van der Waals surface area contributed by atoms with Crippen LogP contribution in [0.1, 0.15) is 32.3 Å². The van der Waals surface area contributed by atoms with Crippen molar-refractivity contribution in [2.45, 2.75) is 39.2 Å². The van der Waals surface area contributed by atoms with E-state index in [1.165, 1.54) is 37.2 Å². The fraction of sp³-hybridized carbons (Fsp3) is 0.486. The number of rotatable bonds is 12. The molecule has 2 aromatic heterocycles. The van der Waals surface area contributed by atoms with Crippen molar-refractivity contribution in [3.63, 3.8) is 0 Å². The number of piperazine rings is 1. The van der Waals surface area contributed by atoms with Crippen molar-refractivity contribution in [2.75, 3.05) is 93.2 Å². The van der Waals surface area contributed by atoms with Gasteiger partial charge in [0.2, 0.25) is 5.95 Å². The van der Waals surface area contributed by atoms with Crippen LogP contribution in [0.2, 0.25) is 0 Å². The van der Waals surface area contributed by atoms with Crippen LogP contribution in [0.5, 0.6) is 11.5 Å². The fourth-order valence-electron chi connectivity index (χ4n) is 6.68. The van der Waals surface area contributed by atoms with Gasteiger partial charge < -0.3 is 34.2 Å². The first-order valence-electron chi connectivity index (χ1n) is 16.9. The number of anilines is 6. The summed E-state index contributed by atoms with van der Waals surface area (Å²) in [5, 5.41) is 6.96. The molecule has 2 N–H and O–H groups in total. The Balaban J connectivity index is 1.25. The quantitative estimate of drug-likeness (QED) is 0.177. The number of hydrogen-bond donors (Lipinski definition) is 2. The Labute approximate surface area is 288 Å². The number of benzene rings is 2. The number of piperidine rings is 1. The minimum atomic E-state index is 0.433. The second-order valence-corrected chi connectivity index (χ2v) is 13.2. The number of likely N-dealkylation sites (N-methyl/N-ethyl adjacent to an activating group) is 1. The maximum absolute atomic E-state index is 5.95. The third-order valence-electron chi connectivity index (χ3n) is 9.40. The average Bonchev–Trinajstić information content (AvgIpc) is 3.12. The van der Waals surface area contributed by atoms with Crippen molar-refractivity contribution in [1.82, 2.24) is 29.7 Å². The summed E-state index contributed by atoms with van der Waals surface area (Å²) >= 11 is 1.59. The molecular weight excluding hydrogens is 625 g/mol. The van der Waals surface area contributed by atoms with Crippen LogP contribution in [0.4, 0.5) is 34.5 Å². The lowest BCUT2D eigenvalue weighted by molar-refractivity contribution is 0.0982. The minimum Gasteiger partial charge on any atom is -0.494 e. The molecule has 13 heteroatoms. The standard InChI is InChI=1S/C35H48N10O2S/c1-7-24-21-28(30(46-5)22-29(24)45-15-11-25(12-16-45)44-19-17-42(3)18-20-44)40-35-38-23-31(47-8-2)34(41-35)39-27-10-9-26-32(37-14-13-36-26)33(27)43(4)48-6/h9-10,13-14,21-23,25H,7-8,11-12,15-20H2,1-6H3,(H2,38,39,40,41). The van der Waals surface area contributed by atoms with Gasteiger partial charge in [0, 0.05) is 82.8 Å². The molecule has 0 radical (unpaired) electrons. The average molecular weight is 673 g/mol. The highest BCUT2D eigenvalue weighted by Crippen LogP contribution is 2.40. The first kappa shape index (κ1) is 33.8. The van der Waals surface area contributed by atoms with Gasteiger partial charge in [-0.3, -0.25) is 14.9 Å². The van der Waals surface area contributed by atoms with Gasteiger partial charge in [-0.25, -0.2) is 4.98 Å². The van der Waals surface area contributed by atoms with Crippen LogP contribution >= 0.6 is 11.9 Å². The number of aryl methyl sites for hydroxylation is 1. The Morgan fingerprint density at radius 2 is 1.71 bits per heavy atom. The molecule has 0 bridgehead atoms. The molecule has 12 nitrogen and oxygen atoms in total. The number of aromatic nitrogens is 4. The Kier molecular flexibility index (Phi) is 10.9. The van der Waals surface area contributed by atoms with Gasteiger partial charge in [-0.2, -0.15) is 4.98 Å². The lowest BCUT2D eigenvalue weighted by Gasteiger charge is -2.43. The molecule has 256 valence electrons. The first-order chi connectivity index (χ1) is 23.4. The maximum Gasteiger partial charge on any atom is 0.229 e. The van der Waals surface area contributed by atoms with Crippen molar-refractivity contribution in [1.29, 1.82) is 0 Å². The van der Waals surface area contributed by atoms with Gasteiger partial charge in [-0.1, -0.05) is 18.9 Å². The zero-order chi connectivity index (χ0) is 33.6. The Morgan fingerprint density at radius 1 is 0.938 bits per heavy atom. The molecule has 2 fully saturated rings. The summed E-state index contributed by atoms with van der Waals surface area (Å²) < 4.78 is 13.9. The van der Waals surface area contributed by atoms with E-state index in [0.29, 0.717) is 30.2 Å². The zero-order valence-electron chi connectivity index (χ0n) is 29.0. The van der Waals surface area contributed by atoms with E-state index in [2.05, 4.69) is 70.7 Å². The first-order valence-corrected chi connectivity index (χ1v) is 18.0. The molecule has 0 amide bonds. The molecule has 0 unspecified atom stereocenters. The summed E-state index contributed by atoms with van der Waals surface area (Å²) in [6.07, 6.45) is 10.4. The van der Waals surface area contributed by atoms with Gasteiger partial charge in [0.25, 0.3) is 0 Å². The highest BCUT2D eigenvalue weighted by Gasteiger charge is 2.28. The van der Waals surface area contributed by atoms with Crippen molar-refractivity contribution in [3.8, 4) is 11.5 Å². The molecule has 2 aromatic carbocycles. The van der Waals surface area contributed by atoms with Crippen molar-refractivity contribution < 1.29 is 9.47 Å². The van der Waals surface area contributed by atoms with Crippen molar-refractivity contribution in [2.24, 2.45) is 0 Å². The van der Waals surface area contributed by atoms with Crippen LogP contribution in [0.25, 0.3) is 11.0 Å². The molecule has 0 spiro atoms. The molecule has 0 aliphatic carbocycles. The summed E-state index contributed by atoms with van der Waals surface area (Å²) in [5.74, 6) is 2.29. The number of fused-ring (bicyclic) bond motifs is 1. The van der Waals surface area contributed by atoms with Crippen LogP contribution in [0.15, 0.2) is 42.9 Å². The van der Waals surface area contributed by atoms with E-state index in [1.54, 1.807) is 37.6 Å². The van der Waals surface area contributed by atoms with E-state index < -0.39 is 0 Å². The third kappa shape index (κ3) is 7.32. The van der Waals surface area contributed by atoms with E-state index in [9.17, 15) is 0 Å². The monoisotopic (exact) mass is 672 g/mol. The highest BCUT2D eigenvalue weighted by molar-refractivity contribution is 7.99. The highest BCUT2D eigenvalue weighted by atomic mass is 32.2. The second kappa shape index (κ2) is 15.4. The van der Waals surface area contributed by atoms with E-state index >= 15 is 0 Å². The van der Waals surface area contributed by atoms with Gasteiger partial charge in [0.1, 0.15) is 11.3 Å². The summed E-state index contributed by atoms with van der Waals surface area (Å²) in [7, 11) is 5.94. The predicted molar refractivity (Wildman–Crippen MR) is 198 cm³/mol. The molecular formula is C35H48N10O2S. The van der Waals surface area contributed by atoms with E-state index in [4.69, 9.17) is 14.5 Å². The smallest absolute Gasteiger partial charge is 0.229 e. The molecule has 2 aliphatic rings. The Bertz CT molecular complexity index is 1690. The normalized spacial score (nSPS) is 16.2. The summed E-state index contributed by atoms with van der Waals surface area (Å²) in [5.41, 5.74) is 6.68. The molecule has 2 saturated heterocycles. The topological polar surface area (TPSA) is 107 Å². The Hall–Kier alpha value is -4.07. The van der Waals surface area contributed by atoms with Gasteiger partial charge in [0.15, 0.2) is 11.6 Å². The van der Waals surface area contributed by atoms with Gasteiger partial charge in [-0.05, 0) is 57.0 Å². The van der Waals surface area contributed by atoms with Crippen LogP contribution in [0.3, 0.4) is 0 Å². The van der Waals surface area contributed by atoms with Crippen LogP contribution in [0, 0.1) is 0 Å². The van der Waals surface area contributed by atoms with Crippen molar-refractivity contribution >= 4 is 57.5 Å². The number of methoxy groups -OCH3 is 1. The summed E-state index contributed by atoms with van der Waals surface area (Å²) in [6.45, 7) is 11.4. The number of hydrogen-bond acceptors (Lipinski definition) is 13. The maximum atomic E-state index is 5.95. The Morgan fingerprint density at radius 3 is 2.42 bits per heavy atom. The molecule has 0 atom stereocenters. The van der Waals surface area contributed by atoms with Gasteiger partial charge in [-0.15, -0.1) is 0 Å². The lowest BCUT2D eigenvalue weighted by Crippen LogP contribution is -2.52. The predicted octanol–water partition coefficient (Wildman–Crippen LogP) is 5.81. The van der Waals surface area contributed by atoms with Crippen LogP contribution in [-0.2, 0) is 6.42 Å². The molecule has 4 aromatic rings. The number of ether oxygens (including phenoxy) is 2. The van der Waals surface area contributed by atoms with E-state index in [-0.39, 0.29) is 0 Å².